The first-order valence-corrected chi connectivity index (χ1v) is 5.30. The van der Waals surface area contributed by atoms with Gasteiger partial charge in [-0.25, -0.2) is 14.4 Å². The molecule has 0 spiro atoms. The lowest BCUT2D eigenvalue weighted by Crippen LogP contribution is -1.89. The molecule has 2 rings (SSSR count). The summed E-state index contributed by atoms with van der Waals surface area (Å²) in [6.07, 6.45) is 2.94. The van der Waals surface area contributed by atoms with E-state index in [1.54, 1.807) is 6.20 Å². The topological polar surface area (TPSA) is 25.8 Å². The molecule has 0 atom stereocenters. The molecule has 0 saturated heterocycles. The van der Waals surface area contributed by atoms with E-state index in [0.717, 1.165) is 3.57 Å². The van der Waals surface area contributed by atoms with E-state index in [1.807, 2.05) is 6.07 Å². The predicted molar refractivity (Wildman–Crippen MR) is 59.9 cm³/mol. The van der Waals surface area contributed by atoms with E-state index in [2.05, 4.69) is 48.5 Å². The van der Waals surface area contributed by atoms with E-state index in [-0.39, 0.29) is 5.82 Å². The quantitative estimate of drug-likeness (QED) is 0.537. The average molecular weight is 353 g/mol. The highest BCUT2D eigenvalue weighted by Gasteiger charge is 2.09. The summed E-state index contributed by atoms with van der Waals surface area (Å²) in [4.78, 5) is 7.69. The minimum atomic E-state index is -0.329. The highest BCUT2D eigenvalue weighted by Crippen LogP contribution is 2.27. The normalized spacial score (nSPS) is 10.7. The number of aromatic nitrogens is 2. The first-order chi connectivity index (χ1) is 6.20. The number of hydrogen-bond acceptors (Lipinski definition) is 2. The van der Waals surface area contributed by atoms with E-state index < -0.39 is 0 Å². The molecule has 1 heterocycles. The fourth-order valence-corrected chi connectivity index (χ4v) is 1.91. The lowest BCUT2D eigenvalue weighted by molar-refractivity contribution is 0.629. The highest BCUT2D eigenvalue weighted by molar-refractivity contribution is 14.1. The van der Waals surface area contributed by atoms with Gasteiger partial charge < -0.3 is 0 Å². The van der Waals surface area contributed by atoms with Crippen molar-refractivity contribution < 1.29 is 4.39 Å². The smallest absolute Gasteiger partial charge is 0.164 e. The van der Waals surface area contributed by atoms with Crippen LogP contribution in [-0.4, -0.2) is 9.97 Å². The summed E-state index contributed by atoms with van der Waals surface area (Å²) in [6.45, 7) is 0. The molecular formula is C8H3BrFIN2. The van der Waals surface area contributed by atoms with Crippen LogP contribution in [0.15, 0.2) is 23.1 Å². The third-order valence-electron chi connectivity index (χ3n) is 1.63. The maximum atomic E-state index is 13.5. The largest absolute Gasteiger partial charge is 0.244 e. The van der Waals surface area contributed by atoms with E-state index in [4.69, 9.17) is 0 Å². The summed E-state index contributed by atoms with van der Waals surface area (Å²) in [5, 5.41) is 0.715. The standard InChI is InChI=1S/C8H3BrFIN2/c9-6-5(11)1-4-2-12-3-13-8(4)7(6)10/h1-3H. The predicted octanol–water partition coefficient (Wildman–Crippen LogP) is 3.14. The Labute approximate surface area is 95.8 Å². The number of hydrogen-bond donors (Lipinski definition) is 0. The van der Waals surface area contributed by atoms with Gasteiger partial charge in [-0.15, -0.1) is 0 Å². The van der Waals surface area contributed by atoms with Crippen LogP contribution < -0.4 is 0 Å². The van der Waals surface area contributed by atoms with Crippen LogP contribution in [0.5, 0.6) is 0 Å². The first-order valence-electron chi connectivity index (χ1n) is 3.43. The van der Waals surface area contributed by atoms with Crippen LogP contribution in [0.4, 0.5) is 4.39 Å². The number of nitrogens with zero attached hydrogens (tertiary/aromatic N) is 2. The highest BCUT2D eigenvalue weighted by atomic mass is 127. The Morgan fingerprint density at radius 2 is 2.23 bits per heavy atom. The fourth-order valence-electron chi connectivity index (χ4n) is 1.04. The Kier molecular flexibility index (Phi) is 2.46. The van der Waals surface area contributed by atoms with E-state index in [1.165, 1.54) is 6.33 Å². The van der Waals surface area contributed by atoms with Crippen LogP contribution in [0.2, 0.25) is 0 Å². The lowest BCUT2D eigenvalue weighted by atomic mass is 10.2. The fraction of sp³-hybridized carbons (Fsp3) is 0. The second kappa shape index (κ2) is 3.45. The van der Waals surface area contributed by atoms with Gasteiger partial charge in [0.25, 0.3) is 0 Å². The van der Waals surface area contributed by atoms with Crippen molar-refractivity contribution in [3.8, 4) is 0 Å². The molecule has 1 aromatic carbocycles. The van der Waals surface area contributed by atoms with Crippen molar-refractivity contribution in [2.24, 2.45) is 0 Å². The van der Waals surface area contributed by atoms with Gasteiger partial charge in [0.15, 0.2) is 5.82 Å². The molecule has 0 saturated carbocycles. The van der Waals surface area contributed by atoms with Crippen LogP contribution in [0.3, 0.4) is 0 Å². The summed E-state index contributed by atoms with van der Waals surface area (Å²) in [5.41, 5.74) is 0.349. The molecule has 0 amide bonds. The molecule has 0 aliphatic heterocycles. The third kappa shape index (κ3) is 1.54. The molecule has 0 fully saturated rings. The molecule has 0 bridgehead atoms. The molecule has 0 aliphatic rings. The molecule has 1 aromatic heterocycles. The van der Waals surface area contributed by atoms with Crippen molar-refractivity contribution in [1.82, 2.24) is 9.97 Å². The number of benzene rings is 1. The van der Waals surface area contributed by atoms with E-state index >= 15 is 0 Å². The maximum Gasteiger partial charge on any atom is 0.164 e. The van der Waals surface area contributed by atoms with Crippen molar-refractivity contribution >= 4 is 49.4 Å². The SMILES string of the molecule is Fc1c(Br)c(I)cc2cncnc12. The molecule has 2 aromatic rings. The van der Waals surface area contributed by atoms with Gasteiger partial charge in [-0.2, -0.15) is 0 Å². The number of fused-ring (bicyclic) bond motifs is 1. The second-order valence-electron chi connectivity index (χ2n) is 2.45. The number of halogens is 3. The van der Waals surface area contributed by atoms with Crippen molar-refractivity contribution in [2.45, 2.75) is 0 Å². The van der Waals surface area contributed by atoms with Crippen molar-refractivity contribution in [3.63, 3.8) is 0 Å². The van der Waals surface area contributed by atoms with Crippen LogP contribution in [0, 0.1) is 9.39 Å². The molecule has 2 nitrogen and oxygen atoms in total. The summed E-state index contributed by atoms with van der Waals surface area (Å²) in [5.74, 6) is -0.329. The number of rotatable bonds is 0. The maximum absolute atomic E-state index is 13.5. The average Bonchev–Trinajstić information content (AvgIpc) is 2.15. The molecule has 66 valence electrons. The van der Waals surface area contributed by atoms with Gasteiger partial charge in [-0.05, 0) is 44.6 Å². The molecule has 5 heteroatoms. The van der Waals surface area contributed by atoms with Crippen LogP contribution >= 0.6 is 38.5 Å². The summed E-state index contributed by atoms with van der Waals surface area (Å²) < 4.78 is 14.8. The van der Waals surface area contributed by atoms with Crippen molar-refractivity contribution in [1.29, 1.82) is 0 Å². The van der Waals surface area contributed by atoms with Crippen LogP contribution in [-0.2, 0) is 0 Å². The molecule has 13 heavy (non-hydrogen) atoms. The Bertz CT molecular complexity index is 475. The Morgan fingerprint density at radius 3 is 3.00 bits per heavy atom. The van der Waals surface area contributed by atoms with Crippen molar-refractivity contribution in [2.75, 3.05) is 0 Å². The monoisotopic (exact) mass is 352 g/mol. The molecule has 0 radical (unpaired) electrons. The minimum absolute atomic E-state index is 0.329. The van der Waals surface area contributed by atoms with Gasteiger partial charge in [0.1, 0.15) is 11.8 Å². The Balaban J connectivity index is 2.94. The Hall–Kier alpha value is -0.300. The zero-order valence-electron chi connectivity index (χ0n) is 6.26. The van der Waals surface area contributed by atoms with E-state index in [0.29, 0.717) is 15.4 Å². The first kappa shape index (κ1) is 9.26. The summed E-state index contributed by atoms with van der Waals surface area (Å²) >= 11 is 5.21. The van der Waals surface area contributed by atoms with Gasteiger partial charge in [-0.3, -0.25) is 0 Å². The van der Waals surface area contributed by atoms with Crippen molar-refractivity contribution in [3.05, 3.63) is 32.5 Å². The van der Waals surface area contributed by atoms with Crippen LogP contribution in [0.1, 0.15) is 0 Å². The Morgan fingerprint density at radius 1 is 1.46 bits per heavy atom. The van der Waals surface area contributed by atoms with Gasteiger partial charge >= 0.3 is 0 Å². The summed E-state index contributed by atoms with van der Waals surface area (Å²) in [7, 11) is 0. The zero-order valence-corrected chi connectivity index (χ0v) is 10.0. The van der Waals surface area contributed by atoms with Gasteiger partial charge in [-0.1, -0.05) is 0 Å². The molecule has 0 N–H and O–H groups in total. The molecule has 0 aliphatic carbocycles. The second-order valence-corrected chi connectivity index (χ2v) is 4.40. The molecule has 0 unspecified atom stereocenters. The zero-order chi connectivity index (χ0) is 9.42. The summed E-state index contributed by atoms with van der Waals surface area (Å²) in [6, 6.07) is 1.84. The van der Waals surface area contributed by atoms with E-state index in [9.17, 15) is 4.39 Å². The van der Waals surface area contributed by atoms with Crippen LogP contribution in [0.25, 0.3) is 10.9 Å². The lowest BCUT2D eigenvalue weighted by Gasteiger charge is -2.01. The van der Waals surface area contributed by atoms with Gasteiger partial charge in [0.2, 0.25) is 0 Å². The minimum Gasteiger partial charge on any atom is -0.244 e. The molecular weight excluding hydrogens is 350 g/mol. The third-order valence-corrected chi connectivity index (χ3v) is 4.00. The van der Waals surface area contributed by atoms with Gasteiger partial charge in [0, 0.05) is 15.2 Å². The van der Waals surface area contributed by atoms with Gasteiger partial charge in [0.05, 0.1) is 4.47 Å².